The molecule has 3 aliphatic carbocycles. The van der Waals surface area contributed by atoms with Crippen LogP contribution in [0.2, 0.25) is 0 Å². The number of ether oxygens (including phenoxy) is 2. The molecule has 6 nitrogen and oxygen atoms in total. The first kappa shape index (κ1) is 17.1. The van der Waals surface area contributed by atoms with Crippen molar-refractivity contribution in [1.29, 1.82) is 0 Å². The van der Waals surface area contributed by atoms with Crippen molar-refractivity contribution in [3.63, 3.8) is 0 Å². The molecule has 9 atom stereocenters. The third-order valence-electron chi connectivity index (χ3n) is 8.66. The van der Waals surface area contributed by atoms with Gasteiger partial charge >= 0.3 is 5.97 Å². The standard InChI is InChI=1S/C20H28O6/c1-9-10-6-11(21)13-19(7-10,15(9)22)17(24)26-12-4-5-18(2,3)14-16(23)25-8-20(12,13)14/h9-14,16,21,23H,4-8H2,1-3H3/t9-,10+,11-,12+,13-,14-,16-,19+,20?/m1/s1. The first-order valence-corrected chi connectivity index (χ1v) is 9.89. The molecule has 0 aromatic carbocycles. The molecule has 5 aliphatic rings. The lowest BCUT2D eigenvalue weighted by molar-refractivity contribution is -0.251. The summed E-state index contributed by atoms with van der Waals surface area (Å²) >= 11 is 0. The summed E-state index contributed by atoms with van der Waals surface area (Å²) in [6.45, 7) is 6.31. The molecule has 6 heteroatoms. The number of carbonyl (C=O) groups is 2. The molecule has 1 unspecified atom stereocenters. The fourth-order valence-electron chi connectivity index (χ4n) is 7.68. The van der Waals surface area contributed by atoms with Crippen LogP contribution >= 0.6 is 0 Å². The van der Waals surface area contributed by atoms with Crippen LogP contribution in [0.15, 0.2) is 0 Å². The summed E-state index contributed by atoms with van der Waals surface area (Å²) in [5.74, 6) is -1.54. The zero-order valence-electron chi connectivity index (χ0n) is 15.6. The highest BCUT2D eigenvalue weighted by Gasteiger charge is 2.79. The molecule has 0 aromatic rings. The maximum atomic E-state index is 13.3. The average molecular weight is 364 g/mol. The highest BCUT2D eigenvalue weighted by Crippen LogP contribution is 2.71. The van der Waals surface area contributed by atoms with E-state index >= 15 is 0 Å². The lowest BCUT2D eigenvalue weighted by Crippen LogP contribution is -2.70. The van der Waals surface area contributed by atoms with Crippen molar-refractivity contribution < 1.29 is 29.3 Å². The third-order valence-corrected chi connectivity index (χ3v) is 8.66. The van der Waals surface area contributed by atoms with Gasteiger partial charge < -0.3 is 19.7 Å². The Morgan fingerprint density at radius 1 is 1.15 bits per heavy atom. The topological polar surface area (TPSA) is 93.1 Å². The van der Waals surface area contributed by atoms with Crippen molar-refractivity contribution in [1.82, 2.24) is 0 Å². The van der Waals surface area contributed by atoms with E-state index in [1.807, 2.05) is 6.92 Å². The Labute approximate surface area is 153 Å². The molecule has 2 N–H and O–H groups in total. The van der Waals surface area contributed by atoms with Gasteiger partial charge in [0.15, 0.2) is 12.1 Å². The van der Waals surface area contributed by atoms with Crippen molar-refractivity contribution in [2.24, 2.45) is 39.9 Å². The van der Waals surface area contributed by atoms with Crippen LogP contribution in [-0.2, 0) is 19.1 Å². The van der Waals surface area contributed by atoms with Gasteiger partial charge in [0.25, 0.3) is 0 Å². The van der Waals surface area contributed by atoms with Crippen LogP contribution < -0.4 is 0 Å². The van der Waals surface area contributed by atoms with Gasteiger partial charge in [-0.1, -0.05) is 20.8 Å². The predicted octanol–water partition coefficient (Wildman–Crippen LogP) is 1.28. The molecule has 5 rings (SSSR count). The van der Waals surface area contributed by atoms with Gasteiger partial charge in [-0.2, -0.15) is 0 Å². The van der Waals surface area contributed by atoms with E-state index in [1.54, 1.807) is 0 Å². The van der Waals surface area contributed by atoms with Crippen LogP contribution in [0, 0.1) is 39.9 Å². The molecule has 2 saturated heterocycles. The number of aliphatic hydroxyl groups excluding tert-OH is 2. The molecular formula is C20H28O6. The van der Waals surface area contributed by atoms with Crippen molar-refractivity contribution in [2.75, 3.05) is 6.61 Å². The van der Waals surface area contributed by atoms with Gasteiger partial charge in [0.2, 0.25) is 0 Å². The number of Topliss-reactive ketones (excluding diaryl/α,β-unsaturated/α-hetero) is 1. The summed E-state index contributed by atoms with van der Waals surface area (Å²) in [5.41, 5.74) is -2.18. The van der Waals surface area contributed by atoms with E-state index in [-0.39, 0.29) is 35.6 Å². The summed E-state index contributed by atoms with van der Waals surface area (Å²) in [5, 5.41) is 21.9. The Balaban J connectivity index is 1.73. The second kappa shape index (κ2) is 4.89. The summed E-state index contributed by atoms with van der Waals surface area (Å²) < 4.78 is 11.7. The number of fused-ring (bicyclic) bond motifs is 1. The molecule has 2 heterocycles. The molecule has 2 spiro atoms. The number of rotatable bonds is 0. The molecular weight excluding hydrogens is 336 g/mol. The Hall–Kier alpha value is -0.980. The predicted molar refractivity (Wildman–Crippen MR) is 89.6 cm³/mol. The average Bonchev–Trinajstić information content (AvgIpc) is 3.01. The third kappa shape index (κ3) is 1.66. The fourth-order valence-corrected chi connectivity index (χ4v) is 7.68. The maximum absolute atomic E-state index is 13.3. The number of carbonyl (C=O) groups excluding carboxylic acids is 2. The molecule has 144 valence electrons. The van der Waals surface area contributed by atoms with Crippen LogP contribution in [0.3, 0.4) is 0 Å². The zero-order valence-corrected chi connectivity index (χ0v) is 15.6. The molecule has 3 saturated carbocycles. The maximum Gasteiger partial charge on any atom is 0.320 e. The quantitative estimate of drug-likeness (QED) is 0.497. The van der Waals surface area contributed by atoms with E-state index in [1.165, 1.54) is 0 Å². The number of hydrogen-bond donors (Lipinski definition) is 2. The highest BCUT2D eigenvalue weighted by molar-refractivity contribution is 6.08. The van der Waals surface area contributed by atoms with E-state index in [0.717, 1.165) is 6.42 Å². The molecule has 0 aromatic heterocycles. The molecule has 5 fully saturated rings. The first-order chi connectivity index (χ1) is 12.2. The van der Waals surface area contributed by atoms with Crippen LogP contribution in [0.4, 0.5) is 0 Å². The van der Waals surface area contributed by atoms with Crippen molar-refractivity contribution in [2.45, 2.75) is 65.0 Å². The minimum Gasteiger partial charge on any atom is -0.461 e. The molecule has 2 aliphatic heterocycles. The second-order valence-corrected chi connectivity index (χ2v) is 10.1. The minimum absolute atomic E-state index is 0.0246. The lowest BCUT2D eigenvalue weighted by Gasteiger charge is -2.62. The number of ketones is 1. The Bertz CT molecular complexity index is 688. The molecule has 26 heavy (non-hydrogen) atoms. The van der Waals surface area contributed by atoms with Gasteiger partial charge in [0, 0.05) is 23.2 Å². The normalized spacial score (nSPS) is 57.2. The summed E-state index contributed by atoms with van der Waals surface area (Å²) in [7, 11) is 0. The van der Waals surface area contributed by atoms with Crippen LogP contribution in [-0.4, -0.2) is 47.1 Å². The fraction of sp³-hybridized carbons (Fsp3) is 0.900. The monoisotopic (exact) mass is 364 g/mol. The second-order valence-electron chi connectivity index (χ2n) is 10.1. The van der Waals surface area contributed by atoms with E-state index in [0.29, 0.717) is 19.3 Å². The first-order valence-electron chi connectivity index (χ1n) is 9.89. The van der Waals surface area contributed by atoms with Gasteiger partial charge in [-0.25, -0.2) is 0 Å². The van der Waals surface area contributed by atoms with Crippen LogP contribution in [0.25, 0.3) is 0 Å². The smallest absolute Gasteiger partial charge is 0.320 e. The number of aliphatic hydroxyl groups is 2. The van der Waals surface area contributed by atoms with Gasteiger partial charge in [0.05, 0.1) is 12.7 Å². The lowest BCUT2D eigenvalue weighted by atomic mass is 9.43. The van der Waals surface area contributed by atoms with Gasteiger partial charge in [0.1, 0.15) is 11.5 Å². The van der Waals surface area contributed by atoms with E-state index in [4.69, 9.17) is 9.47 Å². The van der Waals surface area contributed by atoms with E-state index in [9.17, 15) is 19.8 Å². The Kier molecular flexibility index (Phi) is 3.22. The highest BCUT2D eigenvalue weighted by atomic mass is 16.6. The van der Waals surface area contributed by atoms with Gasteiger partial charge in [-0.3, -0.25) is 9.59 Å². The zero-order chi connectivity index (χ0) is 18.6. The van der Waals surface area contributed by atoms with Gasteiger partial charge in [-0.05, 0) is 37.0 Å². The molecule has 2 bridgehead atoms. The summed E-state index contributed by atoms with van der Waals surface area (Å²) in [6, 6.07) is 0. The molecule has 0 radical (unpaired) electrons. The van der Waals surface area contributed by atoms with E-state index in [2.05, 4.69) is 13.8 Å². The minimum atomic E-state index is -1.27. The van der Waals surface area contributed by atoms with Crippen LogP contribution in [0.5, 0.6) is 0 Å². The summed E-state index contributed by atoms with van der Waals surface area (Å²) in [4.78, 5) is 26.4. The van der Waals surface area contributed by atoms with Crippen molar-refractivity contribution in [3.05, 3.63) is 0 Å². The Morgan fingerprint density at radius 3 is 2.62 bits per heavy atom. The van der Waals surface area contributed by atoms with Crippen molar-refractivity contribution >= 4 is 11.8 Å². The van der Waals surface area contributed by atoms with Gasteiger partial charge in [-0.15, -0.1) is 0 Å². The van der Waals surface area contributed by atoms with Crippen LogP contribution in [0.1, 0.15) is 46.5 Å². The SMILES string of the molecule is C[C@H]1C(=O)[C@]23C[C@@H]1C[C@@H](O)[C@H]2C12CO[C@@H](O)[C@@H]1C(C)(C)CC[C@@H]2OC3=O. The summed E-state index contributed by atoms with van der Waals surface area (Å²) in [6.07, 6.45) is 0.369. The number of hydrogen-bond acceptors (Lipinski definition) is 6. The number of esters is 1. The molecule has 0 amide bonds. The van der Waals surface area contributed by atoms with Crippen molar-refractivity contribution in [3.8, 4) is 0 Å². The largest absolute Gasteiger partial charge is 0.461 e. The Morgan fingerprint density at radius 2 is 1.88 bits per heavy atom. The van der Waals surface area contributed by atoms with E-state index < -0.39 is 41.2 Å².